The van der Waals surface area contributed by atoms with Crippen molar-refractivity contribution in [2.45, 2.75) is 12.8 Å². The first-order valence-electron chi connectivity index (χ1n) is 15.6. The van der Waals surface area contributed by atoms with Crippen LogP contribution in [0.15, 0.2) is 73.1 Å². The second-order valence-corrected chi connectivity index (χ2v) is 12.3. The second-order valence-electron chi connectivity index (χ2n) is 12.3. The summed E-state index contributed by atoms with van der Waals surface area (Å²) in [5.74, 6) is 9.86. The van der Waals surface area contributed by atoms with Crippen LogP contribution in [0.1, 0.15) is 18.5 Å². The third kappa shape index (κ3) is 5.91. The first-order valence-corrected chi connectivity index (χ1v) is 15.6. The van der Waals surface area contributed by atoms with Crippen LogP contribution in [0.3, 0.4) is 0 Å². The molecule has 2 aromatic heterocycles. The molecule has 1 N–H and O–H groups in total. The van der Waals surface area contributed by atoms with Crippen molar-refractivity contribution in [3.63, 3.8) is 0 Å². The molecule has 1 aliphatic carbocycles. The van der Waals surface area contributed by atoms with E-state index in [0.29, 0.717) is 5.92 Å². The average molecular weight is 603 g/mol. The van der Waals surface area contributed by atoms with E-state index in [2.05, 4.69) is 48.7 Å². The average Bonchev–Trinajstić information content (AvgIpc) is 3.32. The zero-order valence-electron chi connectivity index (χ0n) is 25.8. The van der Waals surface area contributed by atoms with Gasteiger partial charge in [-0.15, -0.1) is 0 Å². The third-order valence-corrected chi connectivity index (χ3v) is 9.17. The van der Waals surface area contributed by atoms with Crippen LogP contribution in [0.4, 0.5) is 5.82 Å². The number of benzene rings is 2. The van der Waals surface area contributed by atoms with E-state index < -0.39 is 0 Å². The van der Waals surface area contributed by atoms with Gasteiger partial charge in [0.2, 0.25) is 5.91 Å². The number of rotatable bonds is 7. The second kappa shape index (κ2) is 12.4. The molecular formula is C36H38N6O3. The molecule has 1 saturated carbocycles. The molecule has 0 bridgehead atoms. The Hall–Kier alpha value is -4.65. The van der Waals surface area contributed by atoms with Crippen LogP contribution < -0.4 is 10.1 Å². The molecule has 2 aromatic carbocycles. The standard InChI is InChI=1S/C36H38N6O3/c1-37-34-33-32(27-11-13-29(14-12-27)45-28-7-4-3-5-8-28)30(40(2)35(33)39-25-38-34)15-10-26-21-36(22-26)23-42(24-36)31(43)9-6-16-41-17-19-44-20-18-41/h3-9,11-14,25-26H,16-24H2,1-2H3,(H,37,38,39)/b9-6+. The summed E-state index contributed by atoms with van der Waals surface area (Å²) in [6.45, 7) is 5.83. The quantitative estimate of drug-likeness (QED) is 0.237. The molecule has 230 valence electrons. The maximum atomic E-state index is 12.7. The molecule has 1 amide bonds. The first kappa shape index (κ1) is 29.1. The minimum atomic E-state index is 0.116. The number of hydrogen-bond acceptors (Lipinski definition) is 7. The molecule has 2 aliphatic heterocycles. The van der Waals surface area contributed by atoms with Gasteiger partial charge in [0.15, 0.2) is 0 Å². The van der Waals surface area contributed by atoms with Crippen molar-refractivity contribution in [1.82, 2.24) is 24.3 Å². The SMILES string of the molecule is CNc1ncnc2c1c(-c1ccc(Oc3ccccc3)cc1)c(C#CC1CC3(C1)CN(C(=O)/C=C/CN1CCOCC1)C3)n2C. The minimum absolute atomic E-state index is 0.116. The van der Waals surface area contributed by atoms with E-state index in [4.69, 9.17) is 9.47 Å². The van der Waals surface area contributed by atoms with Crippen LogP contribution in [0.2, 0.25) is 0 Å². The number of anilines is 1. The summed E-state index contributed by atoms with van der Waals surface area (Å²) >= 11 is 0. The lowest BCUT2D eigenvalue weighted by molar-refractivity contribution is -0.147. The molecule has 9 nitrogen and oxygen atoms in total. The Bertz CT molecular complexity index is 1770. The normalized spacial score (nSPS) is 18.0. The number of likely N-dealkylation sites (tertiary alicyclic amines) is 1. The molecule has 0 radical (unpaired) electrons. The van der Waals surface area contributed by atoms with Gasteiger partial charge in [-0.1, -0.05) is 42.3 Å². The van der Waals surface area contributed by atoms with Crippen molar-refractivity contribution in [3.05, 3.63) is 78.8 Å². The number of carbonyl (C=O) groups is 1. The number of nitrogens with zero attached hydrogens (tertiary/aromatic N) is 5. The van der Waals surface area contributed by atoms with E-state index in [0.717, 1.165) is 104 Å². The van der Waals surface area contributed by atoms with Crippen molar-refractivity contribution in [1.29, 1.82) is 0 Å². The van der Waals surface area contributed by atoms with Crippen molar-refractivity contribution < 1.29 is 14.3 Å². The maximum Gasteiger partial charge on any atom is 0.246 e. The van der Waals surface area contributed by atoms with Crippen molar-refractivity contribution >= 4 is 22.8 Å². The van der Waals surface area contributed by atoms with Crippen LogP contribution in [0.25, 0.3) is 22.2 Å². The van der Waals surface area contributed by atoms with Crippen LogP contribution in [-0.4, -0.2) is 83.2 Å². The zero-order chi connectivity index (χ0) is 30.8. The lowest BCUT2D eigenvalue weighted by atomic mass is 9.58. The summed E-state index contributed by atoms with van der Waals surface area (Å²) in [5.41, 5.74) is 3.99. The van der Waals surface area contributed by atoms with E-state index in [-0.39, 0.29) is 11.3 Å². The predicted octanol–water partition coefficient (Wildman–Crippen LogP) is 4.95. The molecular weight excluding hydrogens is 564 g/mol. The van der Waals surface area contributed by atoms with Gasteiger partial charge in [0.25, 0.3) is 0 Å². The highest BCUT2D eigenvalue weighted by atomic mass is 16.5. The molecule has 1 spiro atoms. The van der Waals surface area contributed by atoms with E-state index in [9.17, 15) is 4.79 Å². The summed E-state index contributed by atoms with van der Waals surface area (Å²) in [4.78, 5) is 26.1. The lowest BCUT2D eigenvalue weighted by Crippen LogP contribution is -2.63. The monoisotopic (exact) mass is 602 g/mol. The Morgan fingerprint density at radius 2 is 1.80 bits per heavy atom. The van der Waals surface area contributed by atoms with E-state index in [1.807, 2.05) is 67.5 Å². The number of hydrogen-bond donors (Lipinski definition) is 1. The van der Waals surface area contributed by atoms with Gasteiger partial charge in [0, 0.05) is 69.8 Å². The highest BCUT2D eigenvalue weighted by molar-refractivity contribution is 6.04. The molecule has 3 fully saturated rings. The molecule has 45 heavy (non-hydrogen) atoms. The zero-order valence-corrected chi connectivity index (χ0v) is 25.8. The van der Waals surface area contributed by atoms with Gasteiger partial charge in [-0.2, -0.15) is 0 Å². The van der Waals surface area contributed by atoms with E-state index in [1.165, 1.54) is 0 Å². The Balaban J connectivity index is 1.05. The Morgan fingerprint density at radius 3 is 2.53 bits per heavy atom. The Morgan fingerprint density at radius 1 is 1.07 bits per heavy atom. The van der Waals surface area contributed by atoms with Gasteiger partial charge >= 0.3 is 0 Å². The number of nitrogens with one attached hydrogen (secondary N) is 1. The smallest absolute Gasteiger partial charge is 0.246 e. The van der Waals surface area contributed by atoms with Gasteiger partial charge in [-0.05, 0) is 48.6 Å². The van der Waals surface area contributed by atoms with Crippen molar-refractivity contribution in [3.8, 4) is 34.5 Å². The van der Waals surface area contributed by atoms with Gasteiger partial charge in [0.1, 0.15) is 35.0 Å². The van der Waals surface area contributed by atoms with Crippen molar-refractivity contribution in [2.75, 3.05) is 58.3 Å². The molecule has 2 saturated heterocycles. The van der Waals surface area contributed by atoms with Gasteiger partial charge in [-0.25, -0.2) is 9.97 Å². The molecule has 9 heteroatoms. The largest absolute Gasteiger partial charge is 0.457 e. The Kier molecular flexibility index (Phi) is 8.01. The number of fused-ring (bicyclic) bond motifs is 1. The fraction of sp³-hybridized carbons (Fsp3) is 0.361. The molecule has 4 heterocycles. The summed E-state index contributed by atoms with van der Waals surface area (Å²) in [6.07, 6.45) is 7.36. The van der Waals surface area contributed by atoms with Gasteiger partial charge in [-0.3, -0.25) is 9.69 Å². The fourth-order valence-electron chi connectivity index (χ4n) is 6.81. The van der Waals surface area contributed by atoms with Gasteiger partial charge < -0.3 is 24.3 Å². The highest BCUT2D eigenvalue weighted by Gasteiger charge is 2.52. The fourth-order valence-corrected chi connectivity index (χ4v) is 6.81. The molecule has 7 rings (SSSR count). The number of amides is 1. The summed E-state index contributed by atoms with van der Waals surface area (Å²) in [7, 11) is 3.89. The summed E-state index contributed by atoms with van der Waals surface area (Å²) in [5, 5.41) is 4.19. The summed E-state index contributed by atoms with van der Waals surface area (Å²) < 4.78 is 13.5. The first-order chi connectivity index (χ1) is 22.0. The van der Waals surface area contributed by atoms with E-state index >= 15 is 0 Å². The number of aromatic nitrogens is 3. The number of aryl methyl sites for hydroxylation is 1. The van der Waals surface area contributed by atoms with Crippen LogP contribution >= 0.6 is 0 Å². The summed E-state index contributed by atoms with van der Waals surface area (Å²) in [6, 6.07) is 17.9. The maximum absolute atomic E-state index is 12.7. The third-order valence-electron chi connectivity index (χ3n) is 9.17. The predicted molar refractivity (Wildman–Crippen MR) is 175 cm³/mol. The minimum Gasteiger partial charge on any atom is -0.457 e. The number of para-hydroxylation sites is 1. The number of carbonyl (C=O) groups excluding carboxylic acids is 1. The topological polar surface area (TPSA) is 84.8 Å². The molecule has 0 atom stereocenters. The van der Waals surface area contributed by atoms with Crippen LogP contribution in [0.5, 0.6) is 11.5 Å². The molecule has 3 aliphatic rings. The Labute approximate surface area is 263 Å². The number of ether oxygens (including phenoxy) is 2. The van der Waals surface area contributed by atoms with Crippen molar-refractivity contribution in [2.24, 2.45) is 18.4 Å². The molecule has 0 unspecified atom stereocenters. The van der Waals surface area contributed by atoms with E-state index in [1.54, 1.807) is 12.4 Å². The van der Waals surface area contributed by atoms with Gasteiger partial charge in [0.05, 0.1) is 18.6 Å². The number of morpholine rings is 1. The van der Waals surface area contributed by atoms with Crippen LogP contribution in [0, 0.1) is 23.2 Å². The highest BCUT2D eigenvalue weighted by Crippen LogP contribution is 2.51. The van der Waals surface area contributed by atoms with Crippen LogP contribution in [-0.2, 0) is 16.6 Å². The lowest BCUT2D eigenvalue weighted by Gasteiger charge is -2.57. The molecule has 4 aromatic rings.